The SMILES string of the molecule is CCc1ccc(OCC(=O)N(Cc2cccc(Br)c2)C(Cc2ccccc2)C(=O)NC2CCCC2)c(Br)c1. The maximum atomic E-state index is 13.8. The normalized spacial score (nSPS) is 14.2. The van der Waals surface area contributed by atoms with E-state index in [0.29, 0.717) is 18.7 Å². The Bertz CT molecular complexity index is 1230. The van der Waals surface area contributed by atoms with Crippen LogP contribution in [0.4, 0.5) is 0 Å². The lowest BCUT2D eigenvalue weighted by molar-refractivity contribution is -0.143. The van der Waals surface area contributed by atoms with Gasteiger partial charge in [0.2, 0.25) is 5.91 Å². The van der Waals surface area contributed by atoms with Gasteiger partial charge in [0, 0.05) is 23.5 Å². The first-order valence-electron chi connectivity index (χ1n) is 13.2. The third-order valence-electron chi connectivity index (χ3n) is 6.97. The van der Waals surface area contributed by atoms with Crippen molar-refractivity contribution in [3.05, 3.63) is 98.4 Å². The van der Waals surface area contributed by atoms with Gasteiger partial charge in [-0.15, -0.1) is 0 Å². The molecule has 5 nitrogen and oxygen atoms in total. The van der Waals surface area contributed by atoms with E-state index in [9.17, 15) is 9.59 Å². The van der Waals surface area contributed by atoms with Crippen LogP contribution in [0.1, 0.15) is 49.3 Å². The molecule has 0 spiro atoms. The molecule has 1 saturated carbocycles. The number of nitrogens with zero attached hydrogens (tertiary/aromatic N) is 1. The molecule has 0 bridgehead atoms. The molecular weight excluding hydrogens is 608 g/mol. The molecule has 4 rings (SSSR count). The predicted octanol–water partition coefficient (Wildman–Crippen LogP) is 6.85. The Balaban J connectivity index is 1.61. The smallest absolute Gasteiger partial charge is 0.261 e. The van der Waals surface area contributed by atoms with Gasteiger partial charge >= 0.3 is 0 Å². The van der Waals surface area contributed by atoms with Gasteiger partial charge in [-0.05, 0) is 76.1 Å². The summed E-state index contributed by atoms with van der Waals surface area (Å²) in [5.41, 5.74) is 3.12. The van der Waals surface area contributed by atoms with Gasteiger partial charge in [0.15, 0.2) is 6.61 Å². The van der Waals surface area contributed by atoms with E-state index in [2.05, 4.69) is 44.1 Å². The number of halogens is 2. The maximum absolute atomic E-state index is 13.8. The molecule has 38 heavy (non-hydrogen) atoms. The van der Waals surface area contributed by atoms with Gasteiger partial charge in [-0.3, -0.25) is 9.59 Å². The molecule has 1 unspecified atom stereocenters. The molecule has 1 fully saturated rings. The Morgan fingerprint density at radius 3 is 2.37 bits per heavy atom. The number of aryl methyl sites for hydroxylation is 1. The largest absolute Gasteiger partial charge is 0.483 e. The van der Waals surface area contributed by atoms with E-state index in [1.54, 1.807) is 4.90 Å². The van der Waals surface area contributed by atoms with Crippen LogP contribution in [0.15, 0.2) is 81.7 Å². The molecule has 0 heterocycles. The summed E-state index contributed by atoms with van der Waals surface area (Å²) in [6.45, 7) is 2.22. The lowest BCUT2D eigenvalue weighted by Gasteiger charge is -2.32. The number of hydrogen-bond acceptors (Lipinski definition) is 3. The van der Waals surface area contributed by atoms with Gasteiger partial charge in [-0.25, -0.2) is 0 Å². The van der Waals surface area contributed by atoms with Crippen molar-refractivity contribution in [2.45, 2.75) is 64.1 Å². The van der Waals surface area contributed by atoms with Crippen LogP contribution in [0.25, 0.3) is 0 Å². The van der Waals surface area contributed by atoms with E-state index < -0.39 is 6.04 Å². The van der Waals surface area contributed by atoms with Crippen molar-refractivity contribution in [3.63, 3.8) is 0 Å². The molecule has 3 aromatic rings. The van der Waals surface area contributed by atoms with Crippen molar-refractivity contribution < 1.29 is 14.3 Å². The number of carbonyl (C=O) groups excluding carboxylic acids is 2. The van der Waals surface area contributed by atoms with E-state index in [1.165, 1.54) is 5.56 Å². The zero-order valence-electron chi connectivity index (χ0n) is 21.7. The zero-order valence-corrected chi connectivity index (χ0v) is 24.8. The number of carbonyl (C=O) groups is 2. The second-order valence-electron chi connectivity index (χ2n) is 9.75. The summed E-state index contributed by atoms with van der Waals surface area (Å²) in [6.07, 6.45) is 5.54. The van der Waals surface area contributed by atoms with Gasteiger partial charge in [0.1, 0.15) is 11.8 Å². The van der Waals surface area contributed by atoms with Crippen molar-refractivity contribution in [3.8, 4) is 5.75 Å². The third-order valence-corrected chi connectivity index (χ3v) is 8.08. The van der Waals surface area contributed by atoms with Crippen LogP contribution in [0.3, 0.4) is 0 Å². The van der Waals surface area contributed by atoms with E-state index in [1.807, 2.05) is 72.8 Å². The minimum Gasteiger partial charge on any atom is -0.483 e. The number of nitrogens with one attached hydrogen (secondary N) is 1. The fourth-order valence-corrected chi connectivity index (χ4v) is 5.84. The average Bonchev–Trinajstić information content (AvgIpc) is 3.43. The maximum Gasteiger partial charge on any atom is 0.261 e. The van der Waals surface area contributed by atoms with Crippen molar-refractivity contribution in [2.24, 2.45) is 0 Å². The third kappa shape index (κ3) is 7.93. The number of amides is 2. The van der Waals surface area contributed by atoms with Crippen molar-refractivity contribution >= 4 is 43.7 Å². The molecule has 0 aromatic heterocycles. The monoisotopic (exact) mass is 640 g/mol. The summed E-state index contributed by atoms with van der Waals surface area (Å²) in [7, 11) is 0. The molecule has 1 atom stereocenters. The summed E-state index contributed by atoms with van der Waals surface area (Å²) >= 11 is 7.10. The summed E-state index contributed by atoms with van der Waals surface area (Å²) in [4.78, 5) is 29.2. The minimum atomic E-state index is -0.668. The molecule has 1 aliphatic rings. The van der Waals surface area contributed by atoms with Gasteiger partial charge in [-0.2, -0.15) is 0 Å². The first-order valence-corrected chi connectivity index (χ1v) is 14.8. The van der Waals surface area contributed by atoms with Gasteiger partial charge < -0.3 is 15.0 Å². The molecule has 3 aromatic carbocycles. The number of benzene rings is 3. The molecule has 7 heteroatoms. The van der Waals surface area contributed by atoms with Crippen LogP contribution >= 0.6 is 31.9 Å². The van der Waals surface area contributed by atoms with Crippen LogP contribution in [0.5, 0.6) is 5.75 Å². The van der Waals surface area contributed by atoms with Crippen molar-refractivity contribution in [2.75, 3.05) is 6.61 Å². The van der Waals surface area contributed by atoms with E-state index in [4.69, 9.17) is 4.74 Å². The molecule has 0 saturated heterocycles. The second kappa shape index (κ2) is 13.9. The van der Waals surface area contributed by atoms with Gasteiger partial charge in [-0.1, -0.05) is 84.2 Å². The van der Waals surface area contributed by atoms with Crippen molar-refractivity contribution in [1.82, 2.24) is 10.2 Å². The summed E-state index contributed by atoms with van der Waals surface area (Å²) in [6, 6.07) is 23.1. The van der Waals surface area contributed by atoms with E-state index >= 15 is 0 Å². The predicted molar refractivity (Wildman–Crippen MR) is 158 cm³/mol. The Labute approximate surface area is 242 Å². The first kappa shape index (κ1) is 28.4. The highest BCUT2D eigenvalue weighted by Gasteiger charge is 2.32. The molecule has 0 aliphatic heterocycles. The quantitative estimate of drug-likeness (QED) is 0.249. The Hall–Kier alpha value is -2.64. The first-order chi connectivity index (χ1) is 18.4. The van der Waals surface area contributed by atoms with Gasteiger partial charge in [0.05, 0.1) is 4.47 Å². The van der Waals surface area contributed by atoms with Crippen LogP contribution < -0.4 is 10.1 Å². The van der Waals surface area contributed by atoms with Gasteiger partial charge in [0.25, 0.3) is 5.91 Å². The molecule has 200 valence electrons. The Morgan fingerprint density at radius 2 is 1.68 bits per heavy atom. The summed E-state index contributed by atoms with van der Waals surface area (Å²) in [5.74, 6) is 0.254. The fourth-order valence-electron chi connectivity index (χ4n) is 4.86. The van der Waals surface area contributed by atoms with Crippen LogP contribution in [-0.4, -0.2) is 35.4 Å². The highest BCUT2D eigenvalue weighted by molar-refractivity contribution is 9.10. The number of hydrogen-bond donors (Lipinski definition) is 1. The lowest BCUT2D eigenvalue weighted by Crippen LogP contribution is -2.53. The Morgan fingerprint density at radius 1 is 0.947 bits per heavy atom. The topological polar surface area (TPSA) is 58.6 Å². The molecule has 2 amide bonds. The van der Waals surface area contributed by atoms with Crippen LogP contribution in [0.2, 0.25) is 0 Å². The summed E-state index contributed by atoms with van der Waals surface area (Å²) < 4.78 is 7.71. The zero-order chi connectivity index (χ0) is 26.9. The van der Waals surface area contributed by atoms with E-state index in [0.717, 1.165) is 52.2 Å². The molecular formula is C31H34Br2N2O3. The standard InChI is InChI=1S/C31H34Br2N2O3/c1-2-22-15-16-29(27(33)18-22)38-21-30(36)35(20-24-11-8-12-25(32)17-24)28(19-23-9-4-3-5-10-23)31(37)34-26-13-6-7-14-26/h3-5,8-12,15-18,26,28H,2,6-7,13-14,19-21H2,1H3,(H,34,37). The lowest BCUT2D eigenvalue weighted by atomic mass is 10.0. The Kier molecular flexibility index (Phi) is 10.4. The second-order valence-corrected chi connectivity index (χ2v) is 11.5. The highest BCUT2D eigenvalue weighted by atomic mass is 79.9. The number of rotatable bonds is 11. The average molecular weight is 642 g/mol. The van der Waals surface area contributed by atoms with Crippen molar-refractivity contribution in [1.29, 1.82) is 0 Å². The molecule has 0 radical (unpaired) electrons. The van der Waals surface area contributed by atoms with Crippen LogP contribution in [0, 0.1) is 0 Å². The van der Waals surface area contributed by atoms with E-state index in [-0.39, 0.29) is 24.5 Å². The minimum absolute atomic E-state index is 0.113. The summed E-state index contributed by atoms with van der Waals surface area (Å²) in [5, 5.41) is 3.24. The fraction of sp³-hybridized carbons (Fsp3) is 0.355. The number of ether oxygens (including phenoxy) is 1. The molecule has 1 N–H and O–H groups in total. The highest BCUT2D eigenvalue weighted by Crippen LogP contribution is 2.27. The molecule has 1 aliphatic carbocycles. The van der Waals surface area contributed by atoms with Crippen LogP contribution in [-0.2, 0) is 29.0 Å².